The lowest BCUT2D eigenvalue weighted by Gasteiger charge is -2.34. The molecular weight excluding hydrogens is 428 g/mol. The van der Waals surface area contributed by atoms with Crippen molar-refractivity contribution in [2.24, 2.45) is 5.14 Å². The van der Waals surface area contributed by atoms with Crippen LogP contribution in [0.3, 0.4) is 0 Å². The van der Waals surface area contributed by atoms with Crippen LogP contribution in [0.25, 0.3) is 5.57 Å². The minimum atomic E-state index is -3.81. The summed E-state index contributed by atoms with van der Waals surface area (Å²) in [7, 11) is -1.78. The number of imide groups is 1. The molecule has 4 rings (SSSR count). The Balaban J connectivity index is 1.67. The molecule has 2 heterocycles. The Bertz CT molecular complexity index is 1180. The molecule has 2 aliphatic heterocycles. The molecule has 0 radical (unpaired) electrons. The van der Waals surface area contributed by atoms with Gasteiger partial charge in [-0.1, -0.05) is 42.0 Å². The fourth-order valence-corrected chi connectivity index (χ4v) is 4.49. The Morgan fingerprint density at radius 1 is 0.875 bits per heavy atom. The zero-order chi connectivity index (χ0) is 23.0. The van der Waals surface area contributed by atoms with Crippen LogP contribution in [-0.2, 0) is 26.2 Å². The first-order valence-electron chi connectivity index (χ1n) is 10.4. The monoisotopic (exact) mass is 454 g/mol. The zero-order valence-electron chi connectivity index (χ0n) is 18.1. The maximum Gasteiger partial charge on any atom is 0.278 e. The van der Waals surface area contributed by atoms with E-state index < -0.39 is 10.0 Å². The number of hydrogen-bond acceptors (Lipinski definition) is 6. The van der Waals surface area contributed by atoms with Crippen LogP contribution < -0.4 is 5.14 Å². The predicted octanol–water partition coefficient (Wildman–Crippen LogP) is 1.17. The summed E-state index contributed by atoms with van der Waals surface area (Å²) in [6.07, 6.45) is 0. The van der Waals surface area contributed by atoms with Crippen molar-refractivity contribution in [2.75, 3.05) is 33.2 Å². The molecule has 8 nitrogen and oxygen atoms in total. The van der Waals surface area contributed by atoms with Crippen molar-refractivity contribution in [3.63, 3.8) is 0 Å². The van der Waals surface area contributed by atoms with Crippen LogP contribution in [0.5, 0.6) is 0 Å². The van der Waals surface area contributed by atoms with Crippen molar-refractivity contribution in [2.45, 2.75) is 18.4 Å². The van der Waals surface area contributed by atoms with Gasteiger partial charge in [0.25, 0.3) is 11.8 Å². The molecule has 0 aliphatic carbocycles. The van der Waals surface area contributed by atoms with Crippen molar-refractivity contribution in [1.29, 1.82) is 0 Å². The van der Waals surface area contributed by atoms with E-state index in [0.29, 0.717) is 29.9 Å². The van der Waals surface area contributed by atoms with Gasteiger partial charge in [-0.3, -0.25) is 14.5 Å². The summed E-state index contributed by atoms with van der Waals surface area (Å²) in [5.41, 5.74) is 3.28. The van der Waals surface area contributed by atoms with E-state index in [1.807, 2.05) is 43.1 Å². The van der Waals surface area contributed by atoms with Gasteiger partial charge in [-0.15, -0.1) is 0 Å². The van der Waals surface area contributed by atoms with Crippen LogP contribution in [0.15, 0.2) is 59.1 Å². The van der Waals surface area contributed by atoms with Crippen LogP contribution in [-0.4, -0.2) is 68.2 Å². The number of sulfonamides is 1. The third kappa shape index (κ3) is 4.32. The summed E-state index contributed by atoms with van der Waals surface area (Å²) < 4.78 is 23.0. The molecule has 168 valence electrons. The average Bonchev–Trinajstić information content (AvgIpc) is 2.99. The molecule has 1 fully saturated rings. The van der Waals surface area contributed by atoms with E-state index in [2.05, 4.69) is 4.90 Å². The summed E-state index contributed by atoms with van der Waals surface area (Å²) in [5, 5.41) is 5.16. The number of likely N-dealkylation sites (N-methyl/N-ethyl adjacent to an activating group) is 1. The standard InChI is InChI=1S/C23H26N4O4S/c1-16-3-7-18(8-4-16)20-21(26-13-11-25(2)12-14-26)23(29)27(22(20)28)15-17-5-9-19(10-6-17)32(24,30)31/h3-10H,11-15H2,1-2H3,(H2,24,30,31). The van der Waals surface area contributed by atoms with Crippen molar-refractivity contribution < 1.29 is 18.0 Å². The third-order valence-electron chi connectivity index (χ3n) is 5.90. The van der Waals surface area contributed by atoms with Crippen molar-refractivity contribution >= 4 is 27.4 Å². The van der Waals surface area contributed by atoms with Crippen LogP contribution in [0.1, 0.15) is 16.7 Å². The predicted molar refractivity (Wildman–Crippen MR) is 121 cm³/mol. The smallest absolute Gasteiger partial charge is 0.278 e. The highest BCUT2D eigenvalue weighted by atomic mass is 32.2. The molecule has 2 aromatic carbocycles. The molecule has 32 heavy (non-hydrogen) atoms. The van der Waals surface area contributed by atoms with Crippen LogP contribution in [0.4, 0.5) is 0 Å². The number of amides is 2. The summed E-state index contributed by atoms with van der Waals surface area (Å²) in [6.45, 7) is 4.96. The molecule has 9 heteroatoms. The fraction of sp³-hybridized carbons (Fsp3) is 0.304. The lowest BCUT2D eigenvalue weighted by molar-refractivity contribution is -0.138. The second kappa shape index (κ2) is 8.50. The van der Waals surface area contributed by atoms with Crippen molar-refractivity contribution in [3.8, 4) is 0 Å². The van der Waals surface area contributed by atoms with Gasteiger partial charge in [0.05, 0.1) is 17.0 Å². The number of primary sulfonamides is 1. The number of rotatable bonds is 5. The second-order valence-corrected chi connectivity index (χ2v) is 9.83. The summed E-state index contributed by atoms with van der Waals surface area (Å²) in [5.74, 6) is -0.672. The summed E-state index contributed by atoms with van der Waals surface area (Å²) >= 11 is 0. The quantitative estimate of drug-likeness (QED) is 0.680. The maximum atomic E-state index is 13.5. The topological polar surface area (TPSA) is 104 Å². The normalized spacial score (nSPS) is 18.1. The number of hydrogen-bond donors (Lipinski definition) is 1. The number of carbonyl (C=O) groups is 2. The second-order valence-electron chi connectivity index (χ2n) is 8.27. The lowest BCUT2D eigenvalue weighted by atomic mass is 10.0. The van der Waals surface area contributed by atoms with Gasteiger partial charge in [-0.2, -0.15) is 0 Å². The highest BCUT2D eigenvalue weighted by Gasteiger charge is 2.42. The van der Waals surface area contributed by atoms with Gasteiger partial charge in [-0.25, -0.2) is 13.6 Å². The van der Waals surface area contributed by atoms with E-state index in [-0.39, 0.29) is 23.3 Å². The van der Waals surface area contributed by atoms with Gasteiger partial charge in [0.1, 0.15) is 5.70 Å². The Kier molecular flexibility index (Phi) is 5.89. The Hall–Kier alpha value is -3.01. The highest BCUT2D eigenvalue weighted by Crippen LogP contribution is 2.33. The molecule has 0 saturated carbocycles. The van der Waals surface area contributed by atoms with E-state index in [1.54, 1.807) is 12.1 Å². The van der Waals surface area contributed by atoms with Crippen LogP contribution >= 0.6 is 0 Å². The highest BCUT2D eigenvalue weighted by molar-refractivity contribution is 7.89. The first kappa shape index (κ1) is 22.2. The number of carbonyl (C=O) groups excluding carboxylic acids is 2. The van der Waals surface area contributed by atoms with E-state index in [1.165, 1.54) is 17.0 Å². The molecule has 0 aromatic heterocycles. The Labute approximate surface area is 188 Å². The van der Waals surface area contributed by atoms with Gasteiger partial charge < -0.3 is 9.80 Å². The van der Waals surface area contributed by atoms with Crippen molar-refractivity contribution in [3.05, 3.63) is 70.9 Å². The third-order valence-corrected chi connectivity index (χ3v) is 6.83. The van der Waals surface area contributed by atoms with Gasteiger partial charge in [0.15, 0.2) is 0 Å². The first-order valence-corrected chi connectivity index (χ1v) is 11.9. The number of nitrogens with zero attached hydrogens (tertiary/aromatic N) is 3. The van der Waals surface area contributed by atoms with Crippen LogP contribution in [0.2, 0.25) is 0 Å². The molecule has 0 bridgehead atoms. The number of aryl methyl sites for hydroxylation is 1. The van der Waals surface area contributed by atoms with Gasteiger partial charge in [0.2, 0.25) is 10.0 Å². The van der Waals surface area contributed by atoms with Crippen molar-refractivity contribution in [1.82, 2.24) is 14.7 Å². The fourth-order valence-electron chi connectivity index (χ4n) is 3.98. The Morgan fingerprint density at radius 3 is 2.03 bits per heavy atom. The average molecular weight is 455 g/mol. The van der Waals surface area contributed by atoms with Gasteiger partial charge in [-0.05, 0) is 37.2 Å². The Morgan fingerprint density at radius 2 is 1.47 bits per heavy atom. The number of nitrogens with two attached hydrogens (primary N) is 1. The molecule has 0 spiro atoms. The SMILES string of the molecule is Cc1ccc(C2=C(N3CCN(C)CC3)C(=O)N(Cc3ccc(S(N)(=O)=O)cc3)C2=O)cc1. The van der Waals surface area contributed by atoms with E-state index in [0.717, 1.165) is 24.2 Å². The van der Waals surface area contributed by atoms with Gasteiger partial charge in [0, 0.05) is 26.2 Å². The van der Waals surface area contributed by atoms with Gasteiger partial charge >= 0.3 is 0 Å². The number of piperazine rings is 1. The molecule has 2 aromatic rings. The lowest BCUT2D eigenvalue weighted by Crippen LogP contribution is -2.46. The molecule has 2 aliphatic rings. The van der Waals surface area contributed by atoms with E-state index in [9.17, 15) is 18.0 Å². The van der Waals surface area contributed by atoms with E-state index >= 15 is 0 Å². The largest absolute Gasteiger partial charge is 0.364 e. The summed E-state index contributed by atoms with van der Waals surface area (Å²) in [4.78, 5) is 32.3. The minimum Gasteiger partial charge on any atom is -0.364 e. The van der Waals surface area contributed by atoms with Crippen LogP contribution in [0, 0.1) is 6.92 Å². The molecular formula is C23H26N4O4S. The number of benzene rings is 2. The molecule has 0 atom stereocenters. The maximum absolute atomic E-state index is 13.5. The first-order chi connectivity index (χ1) is 15.1. The molecule has 2 amide bonds. The molecule has 1 saturated heterocycles. The minimum absolute atomic E-state index is 0.0167. The zero-order valence-corrected chi connectivity index (χ0v) is 18.9. The summed E-state index contributed by atoms with van der Waals surface area (Å²) in [6, 6.07) is 13.5. The van der Waals surface area contributed by atoms with E-state index in [4.69, 9.17) is 5.14 Å². The molecule has 2 N–H and O–H groups in total. The molecule has 0 unspecified atom stereocenters.